The first kappa shape index (κ1) is 20.7. The third-order valence-electron chi connectivity index (χ3n) is 4.53. The zero-order valence-corrected chi connectivity index (χ0v) is 16.6. The lowest BCUT2D eigenvalue weighted by Crippen LogP contribution is -2.45. The van der Waals surface area contributed by atoms with Crippen LogP contribution in [-0.4, -0.2) is 70.9 Å². The highest BCUT2D eigenvalue weighted by molar-refractivity contribution is 7.89. The number of rotatable bonds is 8. The number of nitrogens with zero attached hydrogens (tertiary/aromatic N) is 2. The van der Waals surface area contributed by atoms with Crippen LogP contribution in [0.3, 0.4) is 0 Å². The maximum Gasteiger partial charge on any atom is 0.243 e. The maximum absolute atomic E-state index is 12.8. The Labute approximate surface area is 156 Å². The number of hydrogen-bond acceptors (Lipinski definition) is 5. The minimum Gasteiger partial charge on any atom is -0.497 e. The van der Waals surface area contributed by atoms with Crippen molar-refractivity contribution in [3.05, 3.63) is 24.3 Å². The van der Waals surface area contributed by atoms with E-state index in [9.17, 15) is 13.2 Å². The van der Waals surface area contributed by atoms with Gasteiger partial charge in [0.1, 0.15) is 5.75 Å². The third-order valence-corrected chi connectivity index (χ3v) is 6.41. The molecule has 146 valence electrons. The summed E-state index contributed by atoms with van der Waals surface area (Å²) in [5, 5.41) is 2.93. The van der Waals surface area contributed by atoms with Gasteiger partial charge < -0.3 is 15.0 Å². The summed E-state index contributed by atoms with van der Waals surface area (Å²) in [6.07, 6.45) is 2.28. The Morgan fingerprint density at radius 3 is 2.62 bits per heavy atom. The van der Waals surface area contributed by atoms with Crippen molar-refractivity contribution in [1.82, 2.24) is 14.5 Å². The van der Waals surface area contributed by atoms with Crippen LogP contribution >= 0.6 is 0 Å². The lowest BCUT2D eigenvalue weighted by molar-refractivity contribution is -0.126. The van der Waals surface area contributed by atoms with Gasteiger partial charge in [0.05, 0.1) is 17.9 Å². The van der Waals surface area contributed by atoms with Gasteiger partial charge in [-0.25, -0.2) is 8.42 Å². The Morgan fingerprint density at radius 2 is 2.00 bits per heavy atom. The molecule has 0 unspecified atom stereocenters. The Bertz CT molecular complexity index is 689. The highest BCUT2D eigenvalue weighted by Gasteiger charge is 2.33. The smallest absolute Gasteiger partial charge is 0.243 e. The quantitative estimate of drug-likeness (QED) is 0.682. The number of nitrogens with one attached hydrogen (secondary N) is 1. The van der Waals surface area contributed by atoms with Crippen LogP contribution in [0.15, 0.2) is 29.2 Å². The molecule has 1 N–H and O–H groups in total. The Kier molecular flexibility index (Phi) is 7.43. The molecule has 1 saturated heterocycles. The first-order valence-electron chi connectivity index (χ1n) is 8.91. The largest absolute Gasteiger partial charge is 0.497 e. The van der Waals surface area contributed by atoms with E-state index < -0.39 is 10.0 Å². The van der Waals surface area contributed by atoms with E-state index in [-0.39, 0.29) is 23.3 Å². The topological polar surface area (TPSA) is 79.0 Å². The predicted molar refractivity (Wildman–Crippen MR) is 101 cm³/mol. The summed E-state index contributed by atoms with van der Waals surface area (Å²) < 4.78 is 32.2. The van der Waals surface area contributed by atoms with Crippen LogP contribution in [0.4, 0.5) is 0 Å². The summed E-state index contributed by atoms with van der Waals surface area (Å²) in [5.74, 6) is 0.257. The molecular weight excluding hydrogens is 354 g/mol. The number of amides is 1. The zero-order valence-electron chi connectivity index (χ0n) is 15.8. The van der Waals surface area contributed by atoms with Gasteiger partial charge in [0.15, 0.2) is 0 Å². The van der Waals surface area contributed by atoms with Crippen LogP contribution < -0.4 is 10.1 Å². The van der Waals surface area contributed by atoms with Crippen LogP contribution in [0.5, 0.6) is 5.75 Å². The standard InChI is InChI=1S/C18H29N3O4S/c1-20(2)12-5-11-19-18(22)15-6-4-13-21(14-15)26(23,24)17-9-7-16(25-3)8-10-17/h7-10,15H,4-6,11-14H2,1-3H3,(H,19,22)/t15-/m1/s1. The fourth-order valence-corrected chi connectivity index (χ4v) is 4.55. The van der Waals surface area contributed by atoms with Crippen molar-refractivity contribution in [2.75, 3.05) is 47.4 Å². The predicted octanol–water partition coefficient (Wildman–Crippen LogP) is 1.16. The fourth-order valence-electron chi connectivity index (χ4n) is 3.02. The molecule has 2 rings (SSSR count). The van der Waals surface area contributed by atoms with Crippen molar-refractivity contribution in [3.63, 3.8) is 0 Å². The Balaban J connectivity index is 1.96. The number of piperidine rings is 1. The Morgan fingerprint density at radius 1 is 1.31 bits per heavy atom. The first-order chi connectivity index (χ1) is 12.3. The van der Waals surface area contributed by atoms with Crippen LogP contribution in [0.2, 0.25) is 0 Å². The molecule has 0 aliphatic carbocycles. The SMILES string of the molecule is COc1ccc(S(=O)(=O)N2CCC[C@@H](C(=O)NCCCN(C)C)C2)cc1. The minimum absolute atomic E-state index is 0.0570. The summed E-state index contributed by atoms with van der Waals surface area (Å²) in [6.45, 7) is 2.19. The van der Waals surface area contributed by atoms with Crippen molar-refractivity contribution in [1.29, 1.82) is 0 Å². The molecular formula is C18H29N3O4S. The average molecular weight is 384 g/mol. The fraction of sp³-hybridized carbons (Fsp3) is 0.611. The molecule has 0 aromatic heterocycles. The van der Waals surface area contributed by atoms with Gasteiger partial charge >= 0.3 is 0 Å². The minimum atomic E-state index is -3.60. The van der Waals surface area contributed by atoms with Gasteiger partial charge in [-0.15, -0.1) is 0 Å². The normalized spacial score (nSPS) is 18.7. The molecule has 1 atom stereocenters. The van der Waals surface area contributed by atoms with Crippen molar-refractivity contribution < 1.29 is 17.9 Å². The number of ether oxygens (including phenoxy) is 1. The zero-order chi connectivity index (χ0) is 19.2. The van der Waals surface area contributed by atoms with E-state index in [1.165, 1.54) is 11.4 Å². The number of sulfonamides is 1. The van der Waals surface area contributed by atoms with Gasteiger partial charge in [-0.1, -0.05) is 0 Å². The number of carbonyl (C=O) groups excluding carboxylic acids is 1. The van der Waals surface area contributed by atoms with Gasteiger partial charge in [0.2, 0.25) is 15.9 Å². The number of benzene rings is 1. The lowest BCUT2D eigenvalue weighted by atomic mass is 9.99. The summed E-state index contributed by atoms with van der Waals surface area (Å²) >= 11 is 0. The average Bonchev–Trinajstić information content (AvgIpc) is 2.65. The lowest BCUT2D eigenvalue weighted by Gasteiger charge is -2.31. The van der Waals surface area contributed by atoms with E-state index in [1.807, 2.05) is 14.1 Å². The highest BCUT2D eigenvalue weighted by Crippen LogP contribution is 2.25. The van der Waals surface area contributed by atoms with E-state index in [0.717, 1.165) is 13.0 Å². The van der Waals surface area contributed by atoms with Crippen molar-refractivity contribution in [2.24, 2.45) is 5.92 Å². The van der Waals surface area contributed by atoms with Gasteiger partial charge in [-0.3, -0.25) is 4.79 Å². The number of carbonyl (C=O) groups is 1. The second-order valence-electron chi connectivity index (χ2n) is 6.83. The summed E-state index contributed by atoms with van der Waals surface area (Å²) in [7, 11) is 1.92. The molecule has 1 aromatic carbocycles. The van der Waals surface area contributed by atoms with Crippen molar-refractivity contribution in [3.8, 4) is 5.75 Å². The van der Waals surface area contributed by atoms with E-state index in [0.29, 0.717) is 31.7 Å². The summed E-state index contributed by atoms with van der Waals surface area (Å²) in [6, 6.07) is 6.34. The first-order valence-corrected chi connectivity index (χ1v) is 10.3. The molecule has 8 heteroatoms. The van der Waals surface area contributed by atoms with Crippen LogP contribution in [0, 0.1) is 5.92 Å². The second kappa shape index (κ2) is 9.34. The highest BCUT2D eigenvalue weighted by atomic mass is 32.2. The van der Waals surface area contributed by atoms with Crippen LogP contribution in [0.25, 0.3) is 0 Å². The molecule has 1 aliphatic heterocycles. The van der Waals surface area contributed by atoms with E-state index >= 15 is 0 Å². The van der Waals surface area contributed by atoms with Crippen LogP contribution in [0.1, 0.15) is 19.3 Å². The molecule has 1 aromatic rings. The van der Waals surface area contributed by atoms with Gasteiger partial charge in [0.25, 0.3) is 0 Å². The summed E-state index contributed by atoms with van der Waals surface area (Å²) in [5.41, 5.74) is 0. The molecule has 7 nitrogen and oxygen atoms in total. The third kappa shape index (κ3) is 5.43. The molecule has 1 fully saturated rings. The van der Waals surface area contributed by atoms with Gasteiger partial charge in [0, 0.05) is 19.6 Å². The van der Waals surface area contributed by atoms with E-state index in [1.54, 1.807) is 24.3 Å². The second-order valence-corrected chi connectivity index (χ2v) is 8.76. The maximum atomic E-state index is 12.8. The van der Waals surface area contributed by atoms with Gasteiger partial charge in [-0.05, 0) is 64.2 Å². The monoisotopic (exact) mass is 383 g/mol. The Hall–Kier alpha value is -1.64. The van der Waals surface area contributed by atoms with Crippen molar-refractivity contribution in [2.45, 2.75) is 24.2 Å². The van der Waals surface area contributed by atoms with E-state index in [4.69, 9.17) is 4.74 Å². The molecule has 0 radical (unpaired) electrons. The number of hydrogen-bond donors (Lipinski definition) is 1. The number of methoxy groups -OCH3 is 1. The van der Waals surface area contributed by atoms with E-state index in [2.05, 4.69) is 10.2 Å². The van der Waals surface area contributed by atoms with Crippen molar-refractivity contribution >= 4 is 15.9 Å². The molecule has 26 heavy (non-hydrogen) atoms. The molecule has 1 amide bonds. The molecule has 1 heterocycles. The molecule has 1 aliphatic rings. The van der Waals surface area contributed by atoms with Crippen LogP contribution in [-0.2, 0) is 14.8 Å². The molecule has 0 saturated carbocycles. The summed E-state index contributed by atoms with van der Waals surface area (Å²) in [4.78, 5) is 14.7. The van der Waals surface area contributed by atoms with Gasteiger partial charge in [-0.2, -0.15) is 4.31 Å². The molecule has 0 spiro atoms. The molecule has 0 bridgehead atoms.